The van der Waals surface area contributed by atoms with Crippen LogP contribution in [0.25, 0.3) is 0 Å². The Labute approximate surface area is 120 Å². The summed E-state index contributed by atoms with van der Waals surface area (Å²) in [7, 11) is -3.94. The van der Waals surface area contributed by atoms with Gasteiger partial charge >= 0.3 is 0 Å². The number of nitrogens with one attached hydrogen (secondary N) is 1. The van der Waals surface area contributed by atoms with E-state index in [0.29, 0.717) is 0 Å². The summed E-state index contributed by atoms with van der Waals surface area (Å²) in [5.74, 6) is -0.708. The van der Waals surface area contributed by atoms with E-state index in [1.807, 2.05) is 0 Å². The van der Waals surface area contributed by atoms with Gasteiger partial charge in [0, 0.05) is 4.47 Å². The van der Waals surface area contributed by atoms with Gasteiger partial charge in [0.15, 0.2) is 0 Å². The number of nitrogens with two attached hydrogens (primary N) is 1. The molecule has 0 spiro atoms. The van der Waals surface area contributed by atoms with E-state index in [1.165, 1.54) is 20.8 Å². The number of rotatable bonds is 4. The molecule has 0 heterocycles. The summed E-state index contributed by atoms with van der Waals surface area (Å²) in [6.07, 6.45) is -0.904. The third kappa shape index (κ3) is 3.65. The monoisotopic (exact) mass is 354 g/mol. The number of benzene rings is 1. The van der Waals surface area contributed by atoms with Crippen molar-refractivity contribution < 1.29 is 17.9 Å². The fourth-order valence-corrected chi connectivity index (χ4v) is 3.76. The van der Waals surface area contributed by atoms with Gasteiger partial charge in [-0.3, -0.25) is 0 Å². The van der Waals surface area contributed by atoms with Crippen molar-refractivity contribution in [2.45, 2.75) is 37.3 Å². The van der Waals surface area contributed by atoms with Crippen LogP contribution in [0, 0.1) is 5.82 Å². The summed E-state index contributed by atoms with van der Waals surface area (Å²) < 4.78 is 40.0. The number of halogens is 2. The molecular weight excluding hydrogens is 339 g/mol. The summed E-state index contributed by atoms with van der Waals surface area (Å²) in [5.41, 5.74) is 4.04. The Morgan fingerprint density at radius 2 is 2.00 bits per heavy atom. The van der Waals surface area contributed by atoms with Crippen molar-refractivity contribution in [2.24, 2.45) is 0 Å². The van der Waals surface area contributed by atoms with E-state index in [1.54, 1.807) is 0 Å². The van der Waals surface area contributed by atoms with Gasteiger partial charge in [0.05, 0.1) is 22.2 Å². The molecule has 1 aromatic carbocycles. The van der Waals surface area contributed by atoms with E-state index in [0.717, 1.165) is 12.1 Å². The fourth-order valence-electron chi connectivity index (χ4n) is 1.24. The first-order chi connectivity index (χ1) is 8.47. The van der Waals surface area contributed by atoms with Crippen LogP contribution >= 0.6 is 15.9 Å². The van der Waals surface area contributed by atoms with Crippen LogP contribution in [0.4, 0.5) is 10.1 Å². The maximum absolute atomic E-state index is 13.2. The Hall–Kier alpha value is -0.700. The van der Waals surface area contributed by atoms with Crippen LogP contribution < -0.4 is 10.5 Å². The SMILES string of the molecule is CC(O)C(C)(C)NS(=O)(=O)c1cc(N)c(F)cc1Br. The second-order valence-corrected chi connectivity index (χ2v) is 7.31. The van der Waals surface area contributed by atoms with Gasteiger partial charge < -0.3 is 10.8 Å². The second kappa shape index (κ2) is 5.35. The first kappa shape index (κ1) is 16.4. The van der Waals surface area contributed by atoms with Gasteiger partial charge in [-0.15, -0.1) is 0 Å². The van der Waals surface area contributed by atoms with Crippen LogP contribution in [0.5, 0.6) is 0 Å². The number of hydrogen-bond donors (Lipinski definition) is 3. The highest BCUT2D eigenvalue weighted by atomic mass is 79.9. The predicted molar refractivity (Wildman–Crippen MR) is 74.6 cm³/mol. The van der Waals surface area contributed by atoms with Crippen LogP contribution in [0.3, 0.4) is 0 Å². The minimum absolute atomic E-state index is 0.0630. The summed E-state index contributed by atoms with van der Waals surface area (Å²) in [5, 5.41) is 9.54. The Bertz CT molecular complexity index is 588. The van der Waals surface area contributed by atoms with E-state index in [-0.39, 0.29) is 15.1 Å². The van der Waals surface area contributed by atoms with E-state index >= 15 is 0 Å². The van der Waals surface area contributed by atoms with Crippen molar-refractivity contribution in [1.82, 2.24) is 4.72 Å². The first-order valence-electron chi connectivity index (χ1n) is 5.44. The minimum atomic E-state index is -3.94. The van der Waals surface area contributed by atoms with Gasteiger partial charge in [-0.25, -0.2) is 17.5 Å². The molecule has 1 atom stereocenters. The van der Waals surface area contributed by atoms with E-state index in [2.05, 4.69) is 20.7 Å². The molecule has 0 aliphatic heterocycles. The van der Waals surface area contributed by atoms with Gasteiger partial charge in [-0.2, -0.15) is 0 Å². The molecule has 0 radical (unpaired) electrons. The molecule has 1 aromatic rings. The molecule has 0 saturated heterocycles. The first-order valence-corrected chi connectivity index (χ1v) is 7.71. The molecule has 19 heavy (non-hydrogen) atoms. The van der Waals surface area contributed by atoms with Crippen LogP contribution in [0.1, 0.15) is 20.8 Å². The third-order valence-corrected chi connectivity index (χ3v) is 5.41. The molecule has 0 fully saturated rings. The number of aliphatic hydroxyl groups excluding tert-OH is 1. The predicted octanol–water partition coefficient (Wildman–Crippen LogP) is 1.61. The molecule has 8 heteroatoms. The standard InChI is InChI=1S/C11H16BrFN2O3S/c1-6(16)11(2,3)15-19(17,18)10-5-9(14)8(13)4-7(10)12/h4-6,15-16H,14H2,1-3H3. The number of sulfonamides is 1. The molecule has 0 aliphatic rings. The van der Waals surface area contributed by atoms with E-state index in [4.69, 9.17) is 5.73 Å². The van der Waals surface area contributed by atoms with Gasteiger partial charge in [0.25, 0.3) is 0 Å². The molecule has 4 N–H and O–H groups in total. The number of nitrogen functional groups attached to an aromatic ring is 1. The normalized spacial score (nSPS) is 14.4. The van der Waals surface area contributed by atoms with Crippen molar-refractivity contribution >= 4 is 31.6 Å². The quantitative estimate of drug-likeness (QED) is 0.716. The van der Waals surface area contributed by atoms with Gasteiger partial charge in [-0.1, -0.05) is 0 Å². The van der Waals surface area contributed by atoms with Gasteiger partial charge in [0.2, 0.25) is 10.0 Å². The average molecular weight is 355 g/mol. The largest absolute Gasteiger partial charge is 0.396 e. The summed E-state index contributed by atoms with van der Waals surface area (Å²) in [6.45, 7) is 4.54. The molecule has 1 unspecified atom stereocenters. The molecule has 108 valence electrons. The van der Waals surface area contributed by atoms with Crippen molar-refractivity contribution in [3.05, 3.63) is 22.4 Å². The molecule has 0 saturated carbocycles. The highest BCUT2D eigenvalue weighted by Crippen LogP contribution is 2.27. The smallest absolute Gasteiger partial charge is 0.242 e. The van der Waals surface area contributed by atoms with Gasteiger partial charge in [0.1, 0.15) is 5.82 Å². The minimum Gasteiger partial charge on any atom is -0.396 e. The maximum atomic E-state index is 13.2. The van der Waals surface area contributed by atoms with Crippen LogP contribution in [-0.2, 0) is 10.0 Å². The topological polar surface area (TPSA) is 92.4 Å². The molecule has 1 rings (SSSR count). The number of aliphatic hydroxyl groups is 1. The number of hydrogen-bond acceptors (Lipinski definition) is 4. The molecule has 0 aromatic heterocycles. The van der Waals surface area contributed by atoms with E-state index < -0.39 is 27.5 Å². The summed E-state index contributed by atoms with van der Waals surface area (Å²) in [6, 6.07) is 2.01. The third-order valence-electron chi connectivity index (χ3n) is 2.78. The lowest BCUT2D eigenvalue weighted by Gasteiger charge is -2.29. The summed E-state index contributed by atoms with van der Waals surface area (Å²) >= 11 is 2.98. The number of anilines is 1. The van der Waals surface area contributed by atoms with Crippen molar-refractivity contribution in [3.63, 3.8) is 0 Å². The van der Waals surface area contributed by atoms with Crippen molar-refractivity contribution in [1.29, 1.82) is 0 Å². The van der Waals surface area contributed by atoms with E-state index in [9.17, 15) is 17.9 Å². The highest BCUT2D eigenvalue weighted by molar-refractivity contribution is 9.10. The van der Waals surface area contributed by atoms with Crippen LogP contribution in [-0.4, -0.2) is 25.2 Å². The Kier molecular flexibility index (Phi) is 4.61. The molecule has 5 nitrogen and oxygen atoms in total. The molecular formula is C11H16BrFN2O3S. The van der Waals surface area contributed by atoms with Crippen LogP contribution in [0.2, 0.25) is 0 Å². The van der Waals surface area contributed by atoms with Crippen molar-refractivity contribution in [3.8, 4) is 0 Å². The lowest BCUT2D eigenvalue weighted by atomic mass is 10.0. The lowest BCUT2D eigenvalue weighted by Crippen LogP contribution is -2.50. The average Bonchev–Trinajstić information content (AvgIpc) is 2.21. The lowest BCUT2D eigenvalue weighted by molar-refractivity contribution is 0.111. The van der Waals surface area contributed by atoms with Gasteiger partial charge in [-0.05, 0) is 48.8 Å². The molecule has 0 amide bonds. The maximum Gasteiger partial charge on any atom is 0.242 e. The fraction of sp³-hybridized carbons (Fsp3) is 0.455. The zero-order chi connectivity index (χ0) is 15.0. The molecule has 0 aliphatic carbocycles. The highest BCUT2D eigenvalue weighted by Gasteiger charge is 2.31. The Morgan fingerprint density at radius 3 is 2.47 bits per heavy atom. The Morgan fingerprint density at radius 1 is 1.47 bits per heavy atom. The molecule has 0 bridgehead atoms. The van der Waals surface area contributed by atoms with Crippen molar-refractivity contribution in [2.75, 3.05) is 5.73 Å². The zero-order valence-electron chi connectivity index (χ0n) is 10.7. The zero-order valence-corrected chi connectivity index (χ0v) is 13.1. The summed E-state index contributed by atoms with van der Waals surface area (Å²) in [4.78, 5) is -0.180. The Balaban J connectivity index is 3.26. The van der Waals surface area contributed by atoms with Crippen LogP contribution in [0.15, 0.2) is 21.5 Å². The second-order valence-electron chi connectivity index (χ2n) is 4.81.